The number of nitrogens with one attached hydrogen (secondary N) is 1. The highest BCUT2D eigenvalue weighted by Crippen LogP contribution is 2.17. The van der Waals surface area contributed by atoms with E-state index in [4.69, 9.17) is 0 Å². The molecule has 0 aliphatic rings. The lowest BCUT2D eigenvalue weighted by Crippen LogP contribution is -2.49. The van der Waals surface area contributed by atoms with Gasteiger partial charge in [-0.05, 0) is 35.2 Å². The zero-order valence-corrected chi connectivity index (χ0v) is 17.6. The third-order valence-electron chi connectivity index (χ3n) is 5.25. The Kier molecular flexibility index (Phi) is 7.93. The molecule has 0 saturated carbocycles. The minimum Gasteiger partial charge on any atom is -0.357 e. The van der Waals surface area contributed by atoms with Crippen molar-refractivity contribution in [1.29, 1.82) is 0 Å². The molecule has 3 aromatic carbocycles. The molecule has 0 spiro atoms. The number of nitrogens with zero attached hydrogens (tertiary/aromatic N) is 1. The molecular weight excluding hydrogens is 391 g/mol. The number of rotatable bonds is 9. The molecular formula is C26H27FN2O2. The molecule has 0 radical (unpaired) electrons. The van der Waals surface area contributed by atoms with Gasteiger partial charge in [0.1, 0.15) is 11.9 Å². The number of hydrogen-bond acceptors (Lipinski definition) is 2. The summed E-state index contributed by atoms with van der Waals surface area (Å²) in [5, 5.41) is 2.70. The maximum Gasteiger partial charge on any atom is 0.242 e. The summed E-state index contributed by atoms with van der Waals surface area (Å²) < 4.78 is 13.4. The number of carbonyl (C=O) groups excluding carboxylic acids is 2. The van der Waals surface area contributed by atoms with Gasteiger partial charge in [0.25, 0.3) is 0 Å². The van der Waals surface area contributed by atoms with Crippen molar-refractivity contribution in [2.24, 2.45) is 0 Å². The zero-order chi connectivity index (χ0) is 22.1. The van der Waals surface area contributed by atoms with Crippen LogP contribution in [0.5, 0.6) is 0 Å². The summed E-state index contributed by atoms with van der Waals surface area (Å²) in [6.07, 6.45) is 1.28. The molecule has 0 aliphatic heterocycles. The molecule has 31 heavy (non-hydrogen) atoms. The van der Waals surface area contributed by atoms with Crippen molar-refractivity contribution in [2.45, 2.75) is 31.8 Å². The van der Waals surface area contributed by atoms with E-state index in [0.717, 1.165) is 16.7 Å². The molecule has 5 heteroatoms. The number of likely N-dealkylation sites (N-methyl/N-ethyl adjacent to an activating group) is 1. The third-order valence-corrected chi connectivity index (χ3v) is 5.25. The lowest BCUT2D eigenvalue weighted by Gasteiger charge is -2.31. The first-order chi connectivity index (χ1) is 15.1. The molecule has 2 amide bonds. The molecule has 1 atom stereocenters. The van der Waals surface area contributed by atoms with Crippen molar-refractivity contribution in [3.05, 3.63) is 107 Å². The molecule has 0 aliphatic carbocycles. The highest BCUT2D eigenvalue weighted by Gasteiger charge is 2.29. The molecule has 4 nitrogen and oxygen atoms in total. The quantitative estimate of drug-likeness (QED) is 0.568. The van der Waals surface area contributed by atoms with Gasteiger partial charge in [0.15, 0.2) is 0 Å². The number of benzene rings is 3. The summed E-state index contributed by atoms with van der Waals surface area (Å²) in [4.78, 5) is 27.7. The molecule has 0 heterocycles. The average Bonchev–Trinajstić information content (AvgIpc) is 2.81. The predicted molar refractivity (Wildman–Crippen MR) is 120 cm³/mol. The van der Waals surface area contributed by atoms with E-state index in [1.807, 2.05) is 60.7 Å². The smallest absolute Gasteiger partial charge is 0.242 e. The molecule has 0 saturated heterocycles. The fraction of sp³-hybridized carbons (Fsp3) is 0.231. The van der Waals surface area contributed by atoms with Crippen LogP contribution in [-0.4, -0.2) is 29.8 Å². The maximum absolute atomic E-state index is 13.4. The van der Waals surface area contributed by atoms with E-state index in [9.17, 15) is 14.0 Å². The number of amides is 2. The Bertz CT molecular complexity index is 975. The van der Waals surface area contributed by atoms with Crippen molar-refractivity contribution < 1.29 is 14.0 Å². The molecule has 0 aromatic heterocycles. The summed E-state index contributed by atoms with van der Waals surface area (Å²) in [6, 6.07) is 24.8. The minimum absolute atomic E-state index is 0.113. The van der Waals surface area contributed by atoms with Crippen LogP contribution in [-0.2, 0) is 29.0 Å². The van der Waals surface area contributed by atoms with Crippen molar-refractivity contribution in [1.82, 2.24) is 10.2 Å². The molecule has 0 bridgehead atoms. The molecule has 0 fully saturated rings. The SMILES string of the molecule is CNC(=O)C(Cc1ccccc1)N(Cc1ccc(F)cc1)C(=O)CCc1ccccc1. The molecule has 1 N–H and O–H groups in total. The van der Waals surface area contributed by atoms with Crippen LogP contribution >= 0.6 is 0 Å². The Labute approximate surface area is 182 Å². The van der Waals surface area contributed by atoms with Crippen LogP contribution in [0.3, 0.4) is 0 Å². The lowest BCUT2D eigenvalue weighted by molar-refractivity contribution is -0.141. The van der Waals surface area contributed by atoms with Gasteiger partial charge in [0.2, 0.25) is 11.8 Å². The summed E-state index contributed by atoms with van der Waals surface area (Å²) in [5.41, 5.74) is 2.81. The first-order valence-electron chi connectivity index (χ1n) is 10.4. The highest BCUT2D eigenvalue weighted by molar-refractivity contribution is 5.88. The van der Waals surface area contributed by atoms with Gasteiger partial charge in [0.05, 0.1) is 0 Å². The summed E-state index contributed by atoms with van der Waals surface area (Å²) in [7, 11) is 1.57. The van der Waals surface area contributed by atoms with Crippen molar-refractivity contribution in [3.8, 4) is 0 Å². The van der Waals surface area contributed by atoms with Crippen molar-refractivity contribution in [3.63, 3.8) is 0 Å². The van der Waals surface area contributed by atoms with E-state index in [1.54, 1.807) is 24.1 Å². The summed E-state index contributed by atoms with van der Waals surface area (Å²) in [5.74, 6) is -0.672. The number of hydrogen-bond donors (Lipinski definition) is 1. The Hall–Kier alpha value is -3.47. The van der Waals surface area contributed by atoms with Crippen molar-refractivity contribution >= 4 is 11.8 Å². The van der Waals surface area contributed by atoms with Gasteiger partial charge in [0, 0.05) is 26.4 Å². The second kappa shape index (κ2) is 11.1. The number of halogens is 1. The second-order valence-electron chi connectivity index (χ2n) is 7.45. The van der Waals surface area contributed by atoms with Gasteiger partial charge < -0.3 is 10.2 Å². The topological polar surface area (TPSA) is 49.4 Å². The van der Waals surface area contributed by atoms with E-state index in [0.29, 0.717) is 12.8 Å². The van der Waals surface area contributed by atoms with Crippen LogP contribution in [0.15, 0.2) is 84.9 Å². The number of carbonyl (C=O) groups is 2. The van der Waals surface area contributed by atoms with E-state index >= 15 is 0 Å². The van der Waals surface area contributed by atoms with Crippen LogP contribution in [0, 0.1) is 5.82 Å². The van der Waals surface area contributed by atoms with Crippen molar-refractivity contribution in [2.75, 3.05) is 7.05 Å². The predicted octanol–water partition coefficient (Wildman–Crippen LogP) is 4.14. The Balaban J connectivity index is 1.86. The van der Waals surface area contributed by atoms with E-state index < -0.39 is 6.04 Å². The molecule has 1 unspecified atom stereocenters. The van der Waals surface area contributed by atoms with Gasteiger partial charge in [-0.15, -0.1) is 0 Å². The fourth-order valence-electron chi connectivity index (χ4n) is 3.55. The summed E-state index contributed by atoms with van der Waals surface area (Å²) >= 11 is 0. The van der Waals surface area contributed by atoms with Gasteiger partial charge >= 0.3 is 0 Å². The van der Waals surface area contributed by atoms with Crippen LogP contribution in [0.4, 0.5) is 4.39 Å². The maximum atomic E-state index is 13.4. The van der Waals surface area contributed by atoms with Gasteiger partial charge in [-0.3, -0.25) is 9.59 Å². The summed E-state index contributed by atoms with van der Waals surface area (Å²) in [6.45, 7) is 0.235. The Morgan fingerprint density at radius 3 is 2.00 bits per heavy atom. The van der Waals surface area contributed by atoms with Gasteiger partial charge in [-0.2, -0.15) is 0 Å². The molecule has 3 aromatic rings. The zero-order valence-electron chi connectivity index (χ0n) is 17.6. The van der Waals surface area contributed by atoms with E-state index in [-0.39, 0.29) is 30.6 Å². The normalized spacial score (nSPS) is 11.5. The minimum atomic E-state index is -0.666. The molecule has 160 valence electrons. The monoisotopic (exact) mass is 418 g/mol. The Morgan fingerprint density at radius 2 is 1.42 bits per heavy atom. The average molecular weight is 419 g/mol. The van der Waals surface area contributed by atoms with E-state index in [2.05, 4.69) is 5.32 Å². The van der Waals surface area contributed by atoms with Crippen LogP contribution in [0.1, 0.15) is 23.1 Å². The second-order valence-corrected chi connectivity index (χ2v) is 7.45. The number of aryl methyl sites for hydroxylation is 1. The van der Waals surface area contributed by atoms with Crippen LogP contribution < -0.4 is 5.32 Å². The fourth-order valence-corrected chi connectivity index (χ4v) is 3.55. The Morgan fingerprint density at radius 1 is 0.839 bits per heavy atom. The van der Waals surface area contributed by atoms with Gasteiger partial charge in [-0.1, -0.05) is 72.8 Å². The molecule has 3 rings (SSSR count). The largest absolute Gasteiger partial charge is 0.357 e. The lowest BCUT2D eigenvalue weighted by atomic mass is 10.0. The highest BCUT2D eigenvalue weighted by atomic mass is 19.1. The van der Waals surface area contributed by atoms with Crippen LogP contribution in [0.2, 0.25) is 0 Å². The first kappa shape index (κ1) is 22.2. The van der Waals surface area contributed by atoms with Gasteiger partial charge in [-0.25, -0.2) is 4.39 Å². The first-order valence-corrected chi connectivity index (χ1v) is 10.4. The standard InChI is InChI=1S/C26H27FN2O2/c1-28-26(31)24(18-21-10-6-3-7-11-21)29(19-22-12-15-23(27)16-13-22)25(30)17-14-20-8-4-2-5-9-20/h2-13,15-16,24H,14,17-19H2,1H3,(H,28,31). The third kappa shape index (κ3) is 6.51. The van der Waals surface area contributed by atoms with Crippen LogP contribution in [0.25, 0.3) is 0 Å². The van der Waals surface area contributed by atoms with E-state index in [1.165, 1.54) is 12.1 Å².